The van der Waals surface area contributed by atoms with Gasteiger partial charge in [-0.05, 0) is 27.2 Å². The first-order chi connectivity index (χ1) is 7.95. The van der Waals surface area contributed by atoms with Gasteiger partial charge in [-0.1, -0.05) is 11.3 Å². The molecule has 0 spiro atoms. The molecule has 6 heteroatoms. The molecule has 1 amide bonds. The lowest BCUT2D eigenvalue weighted by Gasteiger charge is -2.13. The average Bonchev–Trinajstić information content (AvgIpc) is 2.45. The van der Waals surface area contributed by atoms with Crippen molar-refractivity contribution in [1.82, 2.24) is 9.88 Å². The Morgan fingerprint density at radius 3 is 2.65 bits per heavy atom. The molecule has 0 aromatic carbocycles. The highest BCUT2D eigenvalue weighted by atomic mass is 32.1. The van der Waals surface area contributed by atoms with Crippen molar-refractivity contribution in [2.75, 3.05) is 6.61 Å². The van der Waals surface area contributed by atoms with Crippen LogP contribution in [0.25, 0.3) is 0 Å². The fraction of sp³-hybridized carbons (Fsp3) is 0.636. The molecule has 1 unspecified atom stereocenters. The number of aryl methyl sites for hydroxylation is 1. The second-order valence-corrected chi connectivity index (χ2v) is 5.24. The summed E-state index contributed by atoms with van der Waals surface area (Å²) in [7, 11) is 0. The number of hydrogen-bond acceptors (Lipinski definition) is 4. The number of rotatable bonds is 5. The van der Waals surface area contributed by atoms with Crippen LogP contribution in [0.3, 0.4) is 0 Å². The zero-order valence-electron chi connectivity index (χ0n) is 10.3. The van der Waals surface area contributed by atoms with Crippen LogP contribution in [0.1, 0.15) is 23.9 Å². The lowest BCUT2D eigenvalue weighted by Crippen LogP contribution is -2.37. The van der Waals surface area contributed by atoms with E-state index in [0.29, 0.717) is 6.42 Å². The SMILES string of the molecule is Cc1sc(=O)n(CC(=O)NC(C)CCO)c1C. The molecule has 0 aliphatic rings. The van der Waals surface area contributed by atoms with Gasteiger partial charge in [0.05, 0.1) is 0 Å². The summed E-state index contributed by atoms with van der Waals surface area (Å²) < 4.78 is 1.47. The van der Waals surface area contributed by atoms with Crippen LogP contribution in [0.5, 0.6) is 0 Å². The topological polar surface area (TPSA) is 71.3 Å². The van der Waals surface area contributed by atoms with Gasteiger partial charge in [0, 0.05) is 23.2 Å². The minimum absolute atomic E-state index is 0.0397. The van der Waals surface area contributed by atoms with Crippen LogP contribution >= 0.6 is 11.3 Å². The predicted octanol–water partition coefficient (Wildman–Crippen LogP) is 0.414. The Bertz CT molecular complexity index is 450. The standard InChI is InChI=1S/C11H18N2O3S/c1-7(4-5-14)12-10(15)6-13-8(2)9(3)17-11(13)16/h7,14H,4-6H2,1-3H3,(H,12,15). The van der Waals surface area contributed by atoms with Gasteiger partial charge in [0.2, 0.25) is 5.91 Å². The van der Waals surface area contributed by atoms with Crippen molar-refractivity contribution in [3.05, 3.63) is 20.2 Å². The number of hydrogen-bond donors (Lipinski definition) is 2. The monoisotopic (exact) mass is 258 g/mol. The van der Waals surface area contributed by atoms with E-state index in [0.717, 1.165) is 21.9 Å². The average molecular weight is 258 g/mol. The predicted molar refractivity (Wildman–Crippen MR) is 67.4 cm³/mol. The van der Waals surface area contributed by atoms with Crippen molar-refractivity contribution >= 4 is 17.2 Å². The third-order valence-electron chi connectivity index (χ3n) is 2.65. The van der Waals surface area contributed by atoms with Gasteiger partial charge in [0.25, 0.3) is 0 Å². The first-order valence-corrected chi connectivity index (χ1v) is 6.34. The maximum atomic E-state index is 11.7. The van der Waals surface area contributed by atoms with Gasteiger partial charge in [-0.25, -0.2) is 0 Å². The van der Waals surface area contributed by atoms with E-state index in [2.05, 4.69) is 5.32 Å². The number of aliphatic hydroxyl groups excluding tert-OH is 1. The fourth-order valence-corrected chi connectivity index (χ4v) is 2.33. The van der Waals surface area contributed by atoms with Gasteiger partial charge >= 0.3 is 4.87 Å². The Morgan fingerprint density at radius 1 is 1.53 bits per heavy atom. The van der Waals surface area contributed by atoms with Gasteiger partial charge in [-0.15, -0.1) is 0 Å². The number of carbonyl (C=O) groups is 1. The number of thiazole rings is 1. The minimum atomic E-state index is -0.200. The smallest absolute Gasteiger partial charge is 0.308 e. The molecular formula is C11H18N2O3S. The number of amides is 1. The van der Waals surface area contributed by atoms with E-state index in [4.69, 9.17) is 5.11 Å². The van der Waals surface area contributed by atoms with E-state index < -0.39 is 0 Å². The maximum Gasteiger partial charge on any atom is 0.308 e. The molecule has 0 saturated carbocycles. The van der Waals surface area contributed by atoms with Crippen LogP contribution in [0.15, 0.2) is 4.79 Å². The number of nitrogens with zero attached hydrogens (tertiary/aromatic N) is 1. The van der Waals surface area contributed by atoms with Crippen molar-refractivity contribution < 1.29 is 9.90 Å². The van der Waals surface area contributed by atoms with Crippen molar-refractivity contribution in [2.45, 2.75) is 39.8 Å². The molecule has 0 bridgehead atoms. The number of aliphatic hydroxyl groups is 1. The Labute approximate surface area is 104 Å². The summed E-state index contributed by atoms with van der Waals surface area (Å²) in [6.45, 7) is 5.60. The van der Waals surface area contributed by atoms with Crippen molar-refractivity contribution in [1.29, 1.82) is 0 Å². The third kappa shape index (κ3) is 3.67. The molecule has 1 aromatic heterocycles. The molecule has 0 radical (unpaired) electrons. The second-order valence-electron chi connectivity index (χ2n) is 4.08. The van der Waals surface area contributed by atoms with Gasteiger partial charge in [0.15, 0.2) is 0 Å². The summed E-state index contributed by atoms with van der Waals surface area (Å²) >= 11 is 1.15. The molecule has 1 aromatic rings. The number of carbonyl (C=O) groups excluding carboxylic acids is 1. The highest BCUT2D eigenvalue weighted by molar-refractivity contribution is 7.09. The van der Waals surface area contributed by atoms with Crippen LogP contribution in [0.4, 0.5) is 0 Å². The van der Waals surface area contributed by atoms with Crippen molar-refractivity contribution in [2.24, 2.45) is 0 Å². The molecule has 17 heavy (non-hydrogen) atoms. The van der Waals surface area contributed by atoms with Crippen molar-refractivity contribution in [3.8, 4) is 0 Å². The second kappa shape index (κ2) is 5.97. The molecule has 0 aliphatic heterocycles. The zero-order chi connectivity index (χ0) is 13.0. The Hall–Kier alpha value is -1.14. The van der Waals surface area contributed by atoms with Gasteiger partial charge in [-0.2, -0.15) is 0 Å². The van der Waals surface area contributed by atoms with E-state index in [-0.39, 0.29) is 30.0 Å². The highest BCUT2D eigenvalue weighted by Crippen LogP contribution is 2.08. The van der Waals surface area contributed by atoms with Crippen LogP contribution in [-0.2, 0) is 11.3 Å². The summed E-state index contributed by atoms with van der Waals surface area (Å²) in [6.07, 6.45) is 0.516. The molecule has 2 N–H and O–H groups in total. The Kier molecular flexibility index (Phi) is 4.89. The fourth-order valence-electron chi connectivity index (χ4n) is 1.50. The van der Waals surface area contributed by atoms with Crippen LogP contribution in [-0.4, -0.2) is 28.2 Å². The number of aromatic nitrogens is 1. The van der Waals surface area contributed by atoms with Gasteiger partial charge in [-0.3, -0.25) is 14.2 Å². The molecule has 1 atom stereocenters. The summed E-state index contributed by atoms with van der Waals surface area (Å²) in [5.74, 6) is -0.200. The van der Waals surface area contributed by atoms with Crippen LogP contribution in [0.2, 0.25) is 0 Å². The zero-order valence-corrected chi connectivity index (χ0v) is 11.1. The normalized spacial score (nSPS) is 12.5. The molecule has 1 heterocycles. The number of nitrogens with one attached hydrogen (secondary N) is 1. The van der Waals surface area contributed by atoms with Gasteiger partial charge < -0.3 is 10.4 Å². The quantitative estimate of drug-likeness (QED) is 0.803. The van der Waals surface area contributed by atoms with Gasteiger partial charge in [0.1, 0.15) is 6.54 Å². The molecule has 0 aliphatic carbocycles. The van der Waals surface area contributed by atoms with Crippen molar-refractivity contribution in [3.63, 3.8) is 0 Å². The first kappa shape index (κ1) is 13.9. The molecule has 0 saturated heterocycles. The van der Waals surface area contributed by atoms with Crippen LogP contribution < -0.4 is 10.2 Å². The Morgan fingerprint density at radius 2 is 2.18 bits per heavy atom. The largest absolute Gasteiger partial charge is 0.396 e. The van der Waals surface area contributed by atoms with E-state index >= 15 is 0 Å². The summed E-state index contributed by atoms with van der Waals surface area (Å²) in [6, 6.07) is -0.0803. The third-order valence-corrected chi connectivity index (χ3v) is 3.64. The molecule has 1 rings (SSSR count). The molecule has 5 nitrogen and oxygen atoms in total. The van der Waals surface area contributed by atoms with E-state index in [1.165, 1.54) is 4.57 Å². The maximum absolute atomic E-state index is 11.7. The lowest BCUT2D eigenvalue weighted by molar-refractivity contribution is -0.122. The Balaban J connectivity index is 2.65. The highest BCUT2D eigenvalue weighted by Gasteiger charge is 2.12. The first-order valence-electron chi connectivity index (χ1n) is 5.52. The van der Waals surface area contributed by atoms with Crippen LogP contribution in [0, 0.1) is 13.8 Å². The molecule has 0 fully saturated rings. The van der Waals surface area contributed by atoms with E-state index in [1.807, 2.05) is 20.8 Å². The summed E-state index contributed by atoms with van der Waals surface area (Å²) in [5.41, 5.74) is 0.838. The van der Waals surface area contributed by atoms with E-state index in [1.54, 1.807) is 0 Å². The summed E-state index contributed by atoms with van der Waals surface area (Å²) in [4.78, 5) is 24.1. The lowest BCUT2D eigenvalue weighted by atomic mass is 10.2. The summed E-state index contributed by atoms with van der Waals surface area (Å²) in [5, 5.41) is 11.5. The molecular weight excluding hydrogens is 240 g/mol. The minimum Gasteiger partial charge on any atom is -0.396 e. The van der Waals surface area contributed by atoms with E-state index in [9.17, 15) is 9.59 Å². The molecule has 96 valence electrons.